The lowest BCUT2D eigenvalue weighted by Gasteiger charge is -2.07. The molecule has 1 amide bonds. The van der Waals surface area contributed by atoms with Crippen molar-refractivity contribution in [3.05, 3.63) is 95.9 Å². The Morgan fingerprint density at radius 1 is 0.909 bits per heavy atom. The monoisotopic (exact) mass is 437 g/mol. The lowest BCUT2D eigenvalue weighted by atomic mass is 10.1. The van der Waals surface area contributed by atoms with Crippen LogP contribution < -0.4 is 10.0 Å². The predicted molar refractivity (Wildman–Crippen MR) is 122 cm³/mol. The van der Waals surface area contributed by atoms with Crippen LogP contribution in [0.4, 0.5) is 11.4 Å². The highest BCUT2D eigenvalue weighted by Crippen LogP contribution is 2.24. The number of nitrogens with one attached hydrogen (secondary N) is 2. The number of amides is 1. The van der Waals surface area contributed by atoms with Crippen molar-refractivity contribution in [2.45, 2.75) is 0 Å². The molecule has 33 heavy (non-hydrogen) atoms. The third-order valence-corrected chi connectivity index (χ3v) is 5.24. The molecule has 0 atom stereocenters. The number of carbonyl (C=O) groups is 1. The minimum absolute atomic E-state index is 0.221. The standard InChI is InChI=1S/C24H16N6O3/c31-24(17-3-1-15(2-4-17)18-12-25-14-26-13-18)27-19-7-5-16(6-8-19)23-28-21-10-9-20(29-32)11-22(21)30(23)33/h1-14,33H,(H,27,28,31,32)/p+1. The summed E-state index contributed by atoms with van der Waals surface area (Å²) >= 11 is 0. The van der Waals surface area contributed by atoms with Crippen LogP contribution in [0.5, 0.6) is 0 Å². The minimum Gasteiger partial charge on any atom is -0.349 e. The number of benzene rings is 3. The molecule has 5 rings (SSSR count). The summed E-state index contributed by atoms with van der Waals surface area (Å²) in [5, 5.41) is 16.3. The fourth-order valence-electron chi connectivity index (χ4n) is 3.53. The number of nitroso groups, excluding NO2 is 1. The van der Waals surface area contributed by atoms with E-state index in [1.165, 1.54) is 12.4 Å². The van der Waals surface area contributed by atoms with E-state index in [2.05, 4.69) is 25.4 Å². The maximum atomic E-state index is 12.6. The van der Waals surface area contributed by atoms with Crippen LogP contribution in [0.25, 0.3) is 33.5 Å². The summed E-state index contributed by atoms with van der Waals surface area (Å²) in [6.45, 7) is 0. The summed E-state index contributed by atoms with van der Waals surface area (Å²) in [5.41, 5.74) is 4.92. The lowest BCUT2D eigenvalue weighted by molar-refractivity contribution is -0.875. The van der Waals surface area contributed by atoms with E-state index in [4.69, 9.17) is 0 Å². The molecular formula is C24H17N6O3+. The molecule has 5 aromatic rings. The van der Waals surface area contributed by atoms with Crippen LogP contribution in [0.3, 0.4) is 0 Å². The number of hydrogen-bond acceptors (Lipinski definition) is 6. The van der Waals surface area contributed by atoms with Gasteiger partial charge in [-0.2, -0.15) is 0 Å². The summed E-state index contributed by atoms with van der Waals surface area (Å²) < 4.78 is 0.969. The van der Waals surface area contributed by atoms with Gasteiger partial charge in [0, 0.05) is 35.3 Å². The Bertz CT molecular complexity index is 1460. The first-order valence-corrected chi connectivity index (χ1v) is 10.00. The Morgan fingerprint density at radius 2 is 1.61 bits per heavy atom. The van der Waals surface area contributed by atoms with Crippen molar-refractivity contribution >= 4 is 28.3 Å². The summed E-state index contributed by atoms with van der Waals surface area (Å²) in [6, 6.07) is 18.9. The predicted octanol–water partition coefficient (Wildman–Crippen LogP) is 4.47. The van der Waals surface area contributed by atoms with Gasteiger partial charge >= 0.3 is 5.82 Å². The van der Waals surface area contributed by atoms with E-state index >= 15 is 0 Å². The zero-order valence-electron chi connectivity index (χ0n) is 17.1. The molecule has 0 aliphatic carbocycles. The summed E-state index contributed by atoms with van der Waals surface area (Å²) in [7, 11) is 0. The fraction of sp³-hybridized carbons (Fsp3) is 0. The van der Waals surface area contributed by atoms with E-state index in [1.54, 1.807) is 60.9 Å². The highest BCUT2D eigenvalue weighted by molar-refractivity contribution is 6.04. The topological polar surface area (TPSA) is 124 Å². The van der Waals surface area contributed by atoms with E-state index in [1.807, 2.05) is 12.1 Å². The highest BCUT2D eigenvalue weighted by Gasteiger charge is 2.20. The summed E-state index contributed by atoms with van der Waals surface area (Å²) in [4.78, 5) is 34.5. The second-order valence-electron chi connectivity index (χ2n) is 7.31. The number of aromatic nitrogens is 4. The van der Waals surface area contributed by atoms with Gasteiger partial charge in [0.15, 0.2) is 5.52 Å². The number of rotatable bonds is 5. The van der Waals surface area contributed by atoms with Gasteiger partial charge in [0.05, 0.1) is 5.56 Å². The second kappa shape index (κ2) is 8.31. The average Bonchev–Trinajstić information content (AvgIpc) is 3.20. The van der Waals surface area contributed by atoms with Crippen LogP contribution in [-0.2, 0) is 0 Å². The van der Waals surface area contributed by atoms with E-state index < -0.39 is 0 Å². The number of nitrogens with zero attached hydrogens (tertiary/aromatic N) is 4. The Morgan fingerprint density at radius 3 is 2.30 bits per heavy atom. The maximum absolute atomic E-state index is 12.6. The van der Waals surface area contributed by atoms with Crippen molar-refractivity contribution in [2.24, 2.45) is 5.18 Å². The van der Waals surface area contributed by atoms with Crippen LogP contribution >= 0.6 is 0 Å². The first-order valence-electron chi connectivity index (χ1n) is 10.00. The average molecular weight is 437 g/mol. The second-order valence-corrected chi connectivity index (χ2v) is 7.31. The smallest absolute Gasteiger partial charge is 0.327 e. The Kier molecular flexibility index (Phi) is 5.04. The van der Waals surface area contributed by atoms with Gasteiger partial charge in [0.25, 0.3) is 5.91 Å². The van der Waals surface area contributed by atoms with Crippen LogP contribution in [0.15, 0.2) is 90.6 Å². The molecule has 0 saturated heterocycles. The quantitative estimate of drug-likeness (QED) is 0.213. The van der Waals surface area contributed by atoms with Crippen LogP contribution in [0.1, 0.15) is 10.4 Å². The normalized spacial score (nSPS) is 10.8. The van der Waals surface area contributed by atoms with E-state index in [0.29, 0.717) is 33.7 Å². The molecule has 3 aromatic carbocycles. The van der Waals surface area contributed by atoms with E-state index in [0.717, 1.165) is 15.9 Å². The molecule has 9 nitrogen and oxygen atoms in total. The van der Waals surface area contributed by atoms with E-state index in [9.17, 15) is 14.9 Å². The first kappa shape index (κ1) is 20.0. The molecule has 0 saturated carbocycles. The van der Waals surface area contributed by atoms with Gasteiger partial charge in [-0.25, -0.2) is 15.0 Å². The van der Waals surface area contributed by atoms with Crippen LogP contribution in [-0.4, -0.2) is 26.1 Å². The van der Waals surface area contributed by atoms with Crippen molar-refractivity contribution < 1.29 is 14.7 Å². The third-order valence-electron chi connectivity index (χ3n) is 5.24. The van der Waals surface area contributed by atoms with Gasteiger partial charge in [0.2, 0.25) is 5.52 Å². The van der Waals surface area contributed by atoms with Crippen LogP contribution in [0, 0.1) is 4.91 Å². The Labute approximate surface area is 187 Å². The first-order chi connectivity index (χ1) is 16.1. The molecule has 160 valence electrons. The molecule has 0 bridgehead atoms. The maximum Gasteiger partial charge on any atom is 0.327 e. The Balaban J connectivity index is 1.33. The summed E-state index contributed by atoms with van der Waals surface area (Å²) in [6.07, 6.45) is 4.89. The molecule has 0 fully saturated rings. The van der Waals surface area contributed by atoms with Gasteiger partial charge in [-0.15, -0.1) is 4.91 Å². The largest absolute Gasteiger partial charge is 0.349 e. The van der Waals surface area contributed by atoms with Crippen molar-refractivity contribution in [1.29, 1.82) is 0 Å². The molecule has 0 aliphatic rings. The van der Waals surface area contributed by atoms with Crippen molar-refractivity contribution in [1.82, 2.24) is 15.0 Å². The number of fused-ring (bicyclic) bond motifs is 1. The number of anilines is 1. The molecule has 0 unspecified atom stereocenters. The molecule has 9 heteroatoms. The van der Waals surface area contributed by atoms with Gasteiger partial charge in [-0.05, 0) is 64.0 Å². The van der Waals surface area contributed by atoms with Crippen LogP contribution in [0.2, 0.25) is 0 Å². The fourth-order valence-corrected chi connectivity index (χ4v) is 3.53. The van der Waals surface area contributed by atoms with Gasteiger partial charge < -0.3 is 10.5 Å². The van der Waals surface area contributed by atoms with Crippen molar-refractivity contribution in [3.8, 4) is 22.5 Å². The molecule has 2 aromatic heterocycles. The molecule has 0 spiro atoms. The van der Waals surface area contributed by atoms with Gasteiger partial charge in [0.1, 0.15) is 12.0 Å². The Hall–Kier alpha value is -4.92. The molecule has 0 radical (unpaired) electrons. The van der Waals surface area contributed by atoms with Gasteiger partial charge in [-0.1, -0.05) is 12.1 Å². The number of imidazole rings is 1. The number of H-pyrrole nitrogens is 1. The third kappa shape index (κ3) is 3.90. The highest BCUT2D eigenvalue weighted by atomic mass is 16.5. The number of hydrogen-bond donors (Lipinski definition) is 3. The van der Waals surface area contributed by atoms with E-state index in [-0.39, 0.29) is 11.6 Å². The molecule has 2 heterocycles. The van der Waals surface area contributed by atoms with Crippen molar-refractivity contribution in [3.63, 3.8) is 0 Å². The molecule has 3 N–H and O–H groups in total. The SMILES string of the molecule is O=Nc1ccc2[nH]c(-c3ccc(NC(=O)c4ccc(-c5cncnc5)cc4)cc3)[n+](O)c2c1. The van der Waals surface area contributed by atoms with Gasteiger partial charge in [-0.3, -0.25) is 4.79 Å². The number of carbonyl (C=O) groups excluding carboxylic acids is 1. The zero-order chi connectivity index (χ0) is 22.8. The lowest BCUT2D eigenvalue weighted by Crippen LogP contribution is -2.30. The van der Waals surface area contributed by atoms with Crippen molar-refractivity contribution in [2.75, 3.05) is 5.32 Å². The zero-order valence-corrected chi connectivity index (χ0v) is 17.1. The number of aromatic amines is 1. The minimum atomic E-state index is -0.240. The molecule has 0 aliphatic heterocycles. The summed E-state index contributed by atoms with van der Waals surface area (Å²) in [5.74, 6) is 0.196. The molecular weight excluding hydrogens is 420 g/mol.